The number of aromatic amines is 1. The van der Waals surface area contributed by atoms with E-state index in [-0.39, 0.29) is 18.0 Å². The van der Waals surface area contributed by atoms with E-state index in [2.05, 4.69) is 54.4 Å². The van der Waals surface area contributed by atoms with Crippen LogP contribution in [0, 0.1) is 6.92 Å². The summed E-state index contributed by atoms with van der Waals surface area (Å²) in [6, 6.07) is 20.9. The molecule has 3 aromatic carbocycles. The highest BCUT2D eigenvalue weighted by Crippen LogP contribution is 2.51. The highest BCUT2D eigenvalue weighted by atomic mass is 16.7. The van der Waals surface area contributed by atoms with Crippen molar-refractivity contribution >= 4 is 16.7 Å². The Hall–Kier alpha value is -3.53. The summed E-state index contributed by atoms with van der Waals surface area (Å²) in [5, 5.41) is 1.19. The maximum Gasteiger partial charge on any atom is 0.231 e. The number of carbonyl (C=O) groups is 1. The largest absolute Gasteiger partial charge is 0.454 e. The fourth-order valence-corrected chi connectivity index (χ4v) is 4.71. The van der Waals surface area contributed by atoms with E-state index >= 15 is 0 Å². The van der Waals surface area contributed by atoms with Crippen molar-refractivity contribution < 1.29 is 14.3 Å². The summed E-state index contributed by atoms with van der Waals surface area (Å²) in [5.41, 5.74) is 6.43. The van der Waals surface area contributed by atoms with E-state index in [1.807, 2.05) is 24.4 Å². The van der Waals surface area contributed by atoms with E-state index in [0.29, 0.717) is 6.42 Å². The molecule has 0 bridgehead atoms. The van der Waals surface area contributed by atoms with Crippen molar-refractivity contribution in [3.63, 3.8) is 0 Å². The standard InChI is InChI=1S/C27H23NO3/c1-17-2-3-18(12-22(17)19-4-6-23-20(14-19)8-11-28-23)13-26(29)27(9-10-27)21-5-7-24-25(15-21)31-16-30-24/h2-8,11-12,14-15,28H,9-10,13,16H2,1H3. The highest BCUT2D eigenvalue weighted by molar-refractivity contribution is 5.95. The van der Waals surface area contributed by atoms with Crippen molar-refractivity contribution in [2.75, 3.05) is 6.79 Å². The normalized spacial score (nSPS) is 15.9. The third-order valence-corrected chi connectivity index (χ3v) is 6.74. The molecule has 0 spiro atoms. The third kappa shape index (κ3) is 3.02. The first-order valence-electron chi connectivity index (χ1n) is 10.7. The van der Waals surface area contributed by atoms with E-state index < -0.39 is 0 Å². The lowest BCUT2D eigenvalue weighted by Gasteiger charge is -2.16. The van der Waals surface area contributed by atoms with Crippen molar-refractivity contribution in [3.8, 4) is 22.6 Å². The van der Waals surface area contributed by atoms with Gasteiger partial charge in [0, 0.05) is 18.1 Å². The second-order valence-electron chi connectivity index (χ2n) is 8.68. The smallest absolute Gasteiger partial charge is 0.231 e. The summed E-state index contributed by atoms with van der Waals surface area (Å²) in [4.78, 5) is 16.6. The summed E-state index contributed by atoms with van der Waals surface area (Å²) >= 11 is 0. The topological polar surface area (TPSA) is 51.3 Å². The molecule has 2 aliphatic rings. The van der Waals surface area contributed by atoms with Gasteiger partial charge in [0.05, 0.1) is 5.41 Å². The first-order valence-corrected chi connectivity index (χ1v) is 10.7. The minimum atomic E-state index is -0.379. The van der Waals surface area contributed by atoms with Crippen molar-refractivity contribution in [2.45, 2.75) is 31.6 Å². The number of H-pyrrole nitrogens is 1. The molecule has 4 aromatic rings. The van der Waals surface area contributed by atoms with Gasteiger partial charge in [-0.2, -0.15) is 0 Å². The lowest BCUT2D eigenvalue weighted by atomic mass is 9.87. The molecule has 0 radical (unpaired) electrons. The van der Waals surface area contributed by atoms with Gasteiger partial charge in [-0.3, -0.25) is 4.79 Å². The number of aryl methyl sites for hydroxylation is 1. The molecule has 1 aromatic heterocycles. The molecule has 154 valence electrons. The van der Waals surface area contributed by atoms with E-state index in [4.69, 9.17) is 9.47 Å². The zero-order chi connectivity index (χ0) is 21.0. The minimum absolute atomic E-state index is 0.250. The van der Waals surface area contributed by atoms with Crippen LogP contribution in [-0.2, 0) is 16.6 Å². The maximum absolute atomic E-state index is 13.4. The number of carbonyl (C=O) groups excluding carboxylic acids is 1. The molecule has 1 saturated carbocycles. The molecular weight excluding hydrogens is 386 g/mol. The highest BCUT2D eigenvalue weighted by Gasteiger charge is 2.50. The first kappa shape index (κ1) is 18.3. The van der Waals surface area contributed by atoms with E-state index in [9.17, 15) is 4.79 Å². The van der Waals surface area contributed by atoms with Crippen LogP contribution in [0.1, 0.15) is 29.5 Å². The number of nitrogens with one attached hydrogen (secondary N) is 1. The van der Waals surface area contributed by atoms with Gasteiger partial charge >= 0.3 is 0 Å². The van der Waals surface area contributed by atoms with E-state index in [0.717, 1.165) is 41.0 Å². The number of aromatic nitrogens is 1. The van der Waals surface area contributed by atoms with Crippen molar-refractivity contribution in [1.82, 2.24) is 4.98 Å². The van der Waals surface area contributed by atoms with Crippen LogP contribution in [0.2, 0.25) is 0 Å². The van der Waals surface area contributed by atoms with Crippen molar-refractivity contribution in [1.29, 1.82) is 0 Å². The third-order valence-electron chi connectivity index (χ3n) is 6.74. The lowest BCUT2D eigenvalue weighted by Crippen LogP contribution is -2.22. The fraction of sp³-hybridized carbons (Fsp3) is 0.222. The first-order chi connectivity index (χ1) is 15.1. The van der Waals surface area contributed by atoms with Gasteiger partial charge in [0.2, 0.25) is 6.79 Å². The zero-order valence-corrected chi connectivity index (χ0v) is 17.4. The van der Waals surface area contributed by atoms with Crippen LogP contribution in [0.3, 0.4) is 0 Å². The molecule has 6 rings (SSSR count). The molecule has 31 heavy (non-hydrogen) atoms. The van der Waals surface area contributed by atoms with Crippen LogP contribution in [-0.4, -0.2) is 17.6 Å². The number of Topliss-reactive ketones (excluding diaryl/α,β-unsaturated/α-hetero) is 1. The van der Waals surface area contributed by atoms with E-state index in [1.54, 1.807) is 0 Å². The van der Waals surface area contributed by atoms with Crippen LogP contribution < -0.4 is 9.47 Å². The second-order valence-corrected chi connectivity index (χ2v) is 8.68. The van der Waals surface area contributed by atoms with Gasteiger partial charge in [-0.1, -0.05) is 30.3 Å². The maximum atomic E-state index is 13.4. The predicted octanol–water partition coefficient (Wildman–Crippen LogP) is 5.72. The average molecular weight is 409 g/mol. The van der Waals surface area contributed by atoms with Gasteiger partial charge < -0.3 is 14.5 Å². The Morgan fingerprint density at radius 1 is 0.968 bits per heavy atom. The van der Waals surface area contributed by atoms with Crippen molar-refractivity contribution in [3.05, 3.63) is 83.6 Å². The SMILES string of the molecule is Cc1ccc(CC(=O)C2(c3ccc4c(c3)OCO4)CC2)cc1-c1ccc2[nH]ccc2c1. The molecule has 4 heteroatoms. The molecule has 0 unspecified atom stereocenters. The molecule has 1 aliphatic heterocycles. The van der Waals surface area contributed by atoms with Crippen LogP contribution in [0.15, 0.2) is 66.9 Å². The quantitative estimate of drug-likeness (QED) is 0.459. The molecule has 0 amide bonds. The average Bonchev–Trinajstić information content (AvgIpc) is 3.24. The Balaban J connectivity index is 1.29. The van der Waals surface area contributed by atoms with Gasteiger partial charge in [0.15, 0.2) is 11.5 Å². The monoisotopic (exact) mass is 409 g/mol. The lowest BCUT2D eigenvalue weighted by molar-refractivity contribution is -0.120. The van der Waals surface area contributed by atoms with Gasteiger partial charge in [-0.05, 0) is 83.3 Å². The Morgan fingerprint density at radius 3 is 2.71 bits per heavy atom. The summed E-state index contributed by atoms with van der Waals surface area (Å²) in [6.07, 6.45) is 4.19. The van der Waals surface area contributed by atoms with Crippen molar-refractivity contribution in [2.24, 2.45) is 0 Å². The van der Waals surface area contributed by atoms with E-state index in [1.165, 1.54) is 22.1 Å². The van der Waals surface area contributed by atoms with Crippen LogP contribution in [0.5, 0.6) is 11.5 Å². The number of benzene rings is 3. The molecule has 0 saturated heterocycles. The number of ketones is 1. The Bertz CT molecular complexity index is 1330. The summed E-state index contributed by atoms with van der Waals surface area (Å²) in [7, 11) is 0. The van der Waals surface area contributed by atoms with Gasteiger partial charge in [-0.15, -0.1) is 0 Å². The fourth-order valence-electron chi connectivity index (χ4n) is 4.71. The summed E-state index contributed by atoms with van der Waals surface area (Å²) in [5.74, 6) is 1.78. The van der Waals surface area contributed by atoms with Gasteiger partial charge in [0.1, 0.15) is 5.78 Å². The second kappa shape index (κ2) is 6.74. The predicted molar refractivity (Wildman–Crippen MR) is 121 cm³/mol. The zero-order valence-electron chi connectivity index (χ0n) is 17.4. The molecule has 1 aliphatic carbocycles. The van der Waals surface area contributed by atoms with Crippen LogP contribution in [0.4, 0.5) is 0 Å². The number of hydrogen-bond acceptors (Lipinski definition) is 3. The summed E-state index contributed by atoms with van der Waals surface area (Å²) < 4.78 is 10.9. The molecular formula is C27H23NO3. The molecule has 0 atom stereocenters. The minimum Gasteiger partial charge on any atom is -0.454 e. The Labute approximate surface area is 180 Å². The number of ether oxygens (including phenoxy) is 2. The number of hydrogen-bond donors (Lipinski definition) is 1. The van der Waals surface area contributed by atoms with Gasteiger partial charge in [-0.25, -0.2) is 0 Å². The van der Waals surface area contributed by atoms with Crippen LogP contribution in [0.25, 0.3) is 22.0 Å². The summed E-state index contributed by atoms with van der Waals surface area (Å²) in [6.45, 7) is 2.37. The molecule has 2 heterocycles. The molecule has 1 fully saturated rings. The Morgan fingerprint density at radius 2 is 1.84 bits per heavy atom. The number of rotatable bonds is 5. The Kier molecular flexibility index (Phi) is 3.97. The molecule has 4 nitrogen and oxygen atoms in total. The number of fused-ring (bicyclic) bond motifs is 2. The van der Waals surface area contributed by atoms with Crippen LogP contribution >= 0.6 is 0 Å². The van der Waals surface area contributed by atoms with Gasteiger partial charge in [0.25, 0.3) is 0 Å². The molecule has 1 N–H and O–H groups in total.